The van der Waals surface area contributed by atoms with Crippen LogP contribution in [-0.4, -0.2) is 42.7 Å². The van der Waals surface area contributed by atoms with E-state index >= 15 is 0 Å². The van der Waals surface area contributed by atoms with Gasteiger partial charge in [0, 0.05) is 31.2 Å². The van der Waals surface area contributed by atoms with Crippen molar-refractivity contribution in [2.45, 2.75) is 37.8 Å². The molecule has 0 saturated heterocycles. The third-order valence-electron chi connectivity index (χ3n) is 4.19. The monoisotopic (exact) mass is 280 g/mol. The van der Waals surface area contributed by atoms with Gasteiger partial charge in [-0.15, -0.1) is 0 Å². The van der Waals surface area contributed by atoms with Gasteiger partial charge < -0.3 is 15.3 Å². The maximum atomic E-state index is 13.5. The Bertz CT molecular complexity index is 407. The molecule has 4 heteroatoms. The molecular formula is C16H25FN2O. The number of hydrogen-bond acceptors (Lipinski definition) is 3. The first-order valence-corrected chi connectivity index (χ1v) is 7.52. The Morgan fingerprint density at radius 2 is 2.05 bits per heavy atom. The van der Waals surface area contributed by atoms with Crippen molar-refractivity contribution >= 4 is 0 Å². The number of likely N-dealkylation sites (N-methyl/N-ethyl adjacent to an activating group) is 1. The zero-order valence-corrected chi connectivity index (χ0v) is 12.2. The van der Waals surface area contributed by atoms with Crippen LogP contribution in [-0.2, 0) is 0 Å². The Morgan fingerprint density at radius 3 is 2.75 bits per heavy atom. The summed E-state index contributed by atoms with van der Waals surface area (Å²) in [6, 6.07) is 7.11. The quantitative estimate of drug-likeness (QED) is 0.753. The highest BCUT2D eigenvalue weighted by Crippen LogP contribution is 2.21. The predicted octanol–water partition coefficient (Wildman–Crippen LogP) is 2.32. The van der Waals surface area contributed by atoms with Crippen LogP contribution in [0.15, 0.2) is 24.3 Å². The van der Waals surface area contributed by atoms with Crippen LogP contribution in [0.25, 0.3) is 0 Å². The minimum absolute atomic E-state index is 0.343. The predicted molar refractivity (Wildman–Crippen MR) is 79.1 cm³/mol. The lowest BCUT2D eigenvalue weighted by molar-refractivity contribution is 0.166. The largest absolute Gasteiger partial charge is 0.387 e. The van der Waals surface area contributed by atoms with Crippen molar-refractivity contribution < 1.29 is 9.50 Å². The third kappa shape index (κ3) is 4.27. The Kier molecular flexibility index (Phi) is 5.95. The normalized spacial score (nSPS) is 17.8. The minimum atomic E-state index is -0.784. The molecule has 0 radical (unpaired) electrons. The van der Waals surface area contributed by atoms with Gasteiger partial charge in [0.05, 0.1) is 6.10 Å². The molecule has 0 heterocycles. The highest BCUT2D eigenvalue weighted by molar-refractivity contribution is 5.19. The lowest BCUT2D eigenvalue weighted by Crippen LogP contribution is -2.36. The lowest BCUT2D eigenvalue weighted by Gasteiger charge is -2.24. The molecule has 1 unspecified atom stereocenters. The Balaban J connectivity index is 1.66. The molecule has 2 N–H and O–H groups in total. The zero-order valence-electron chi connectivity index (χ0n) is 12.2. The van der Waals surface area contributed by atoms with Gasteiger partial charge >= 0.3 is 0 Å². The van der Waals surface area contributed by atoms with Crippen LogP contribution in [0.1, 0.15) is 37.4 Å². The molecule has 1 aliphatic rings. The molecule has 1 aromatic rings. The van der Waals surface area contributed by atoms with E-state index in [9.17, 15) is 9.50 Å². The Labute approximate surface area is 120 Å². The van der Waals surface area contributed by atoms with E-state index in [1.807, 2.05) is 0 Å². The van der Waals surface area contributed by atoms with Gasteiger partial charge in [-0.2, -0.15) is 0 Å². The molecule has 112 valence electrons. The van der Waals surface area contributed by atoms with Crippen molar-refractivity contribution in [3.05, 3.63) is 35.6 Å². The minimum Gasteiger partial charge on any atom is -0.387 e. The van der Waals surface area contributed by atoms with Crippen molar-refractivity contribution in [2.75, 3.05) is 26.7 Å². The summed E-state index contributed by atoms with van der Waals surface area (Å²) in [5.74, 6) is -0.343. The average Bonchev–Trinajstić information content (AvgIpc) is 2.98. The van der Waals surface area contributed by atoms with Crippen LogP contribution >= 0.6 is 0 Å². The number of nitrogens with zero attached hydrogens (tertiary/aromatic N) is 1. The van der Waals surface area contributed by atoms with Gasteiger partial charge in [0.1, 0.15) is 5.82 Å². The number of benzene rings is 1. The summed E-state index contributed by atoms with van der Waals surface area (Å²) < 4.78 is 13.5. The Hall–Kier alpha value is -0.970. The number of rotatable bonds is 7. The first-order chi connectivity index (χ1) is 9.68. The van der Waals surface area contributed by atoms with Crippen molar-refractivity contribution in [3.8, 4) is 0 Å². The van der Waals surface area contributed by atoms with Gasteiger partial charge in [0.15, 0.2) is 0 Å². The number of aliphatic hydroxyl groups is 1. The summed E-state index contributed by atoms with van der Waals surface area (Å²) in [7, 11) is 2.16. The molecule has 20 heavy (non-hydrogen) atoms. The summed E-state index contributed by atoms with van der Waals surface area (Å²) in [4.78, 5) is 2.38. The fourth-order valence-electron chi connectivity index (χ4n) is 2.88. The molecule has 3 nitrogen and oxygen atoms in total. The first-order valence-electron chi connectivity index (χ1n) is 7.52. The van der Waals surface area contributed by atoms with E-state index in [2.05, 4.69) is 17.3 Å². The van der Waals surface area contributed by atoms with Crippen LogP contribution in [0.5, 0.6) is 0 Å². The van der Waals surface area contributed by atoms with Gasteiger partial charge in [-0.25, -0.2) is 4.39 Å². The Morgan fingerprint density at radius 1 is 1.35 bits per heavy atom. The van der Waals surface area contributed by atoms with Crippen molar-refractivity contribution in [1.82, 2.24) is 10.2 Å². The van der Waals surface area contributed by atoms with Gasteiger partial charge in [-0.1, -0.05) is 31.0 Å². The second-order valence-corrected chi connectivity index (χ2v) is 5.66. The summed E-state index contributed by atoms with van der Waals surface area (Å²) in [5.41, 5.74) is 0.365. The second-order valence-electron chi connectivity index (χ2n) is 5.66. The molecular weight excluding hydrogens is 255 g/mol. The topological polar surface area (TPSA) is 35.5 Å². The number of hydrogen-bond donors (Lipinski definition) is 2. The van der Waals surface area contributed by atoms with Gasteiger partial charge in [-0.05, 0) is 26.0 Å². The first kappa shape index (κ1) is 15.4. The highest BCUT2D eigenvalue weighted by Gasteiger charge is 2.19. The molecule has 0 bridgehead atoms. The number of aliphatic hydroxyl groups excluding tert-OH is 1. The molecule has 1 atom stereocenters. The lowest BCUT2D eigenvalue weighted by atomic mass is 10.1. The SMILES string of the molecule is CN(CCNCC(O)c1ccccc1F)C1CCCC1. The molecule has 0 spiro atoms. The highest BCUT2D eigenvalue weighted by atomic mass is 19.1. The molecule has 2 rings (SSSR count). The average molecular weight is 280 g/mol. The van der Waals surface area contributed by atoms with Crippen LogP contribution in [0.2, 0.25) is 0 Å². The maximum Gasteiger partial charge on any atom is 0.129 e. The van der Waals surface area contributed by atoms with Gasteiger partial charge in [0.2, 0.25) is 0 Å². The van der Waals surface area contributed by atoms with Crippen LogP contribution < -0.4 is 5.32 Å². The molecule has 0 amide bonds. The third-order valence-corrected chi connectivity index (χ3v) is 4.19. The van der Waals surface area contributed by atoms with E-state index in [1.54, 1.807) is 18.2 Å². The van der Waals surface area contributed by atoms with Crippen molar-refractivity contribution in [2.24, 2.45) is 0 Å². The van der Waals surface area contributed by atoms with Gasteiger partial charge in [0.25, 0.3) is 0 Å². The number of nitrogens with one attached hydrogen (secondary N) is 1. The number of halogens is 1. The van der Waals surface area contributed by atoms with Crippen molar-refractivity contribution in [1.29, 1.82) is 0 Å². The summed E-state index contributed by atoms with van der Waals surface area (Å²) in [6.45, 7) is 2.17. The molecule has 1 aromatic carbocycles. The summed E-state index contributed by atoms with van der Waals surface area (Å²) in [5, 5.41) is 13.2. The van der Waals surface area contributed by atoms with E-state index in [4.69, 9.17) is 0 Å². The molecule has 1 aliphatic carbocycles. The van der Waals surface area contributed by atoms with E-state index < -0.39 is 6.10 Å². The zero-order chi connectivity index (χ0) is 14.4. The molecule has 0 aromatic heterocycles. The van der Waals surface area contributed by atoms with E-state index in [0.717, 1.165) is 13.1 Å². The van der Waals surface area contributed by atoms with E-state index in [1.165, 1.54) is 31.7 Å². The molecule has 1 saturated carbocycles. The van der Waals surface area contributed by atoms with Crippen LogP contribution in [0, 0.1) is 5.82 Å². The summed E-state index contributed by atoms with van der Waals surface area (Å²) in [6.07, 6.45) is 4.50. The molecule has 1 fully saturated rings. The van der Waals surface area contributed by atoms with Crippen LogP contribution in [0.4, 0.5) is 4.39 Å². The van der Waals surface area contributed by atoms with Gasteiger partial charge in [-0.3, -0.25) is 0 Å². The second kappa shape index (κ2) is 7.72. The van der Waals surface area contributed by atoms with E-state index in [-0.39, 0.29) is 5.82 Å². The summed E-state index contributed by atoms with van der Waals surface area (Å²) >= 11 is 0. The fraction of sp³-hybridized carbons (Fsp3) is 0.625. The maximum absolute atomic E-state index is 13.5. The van der Waals surface area contributed by atoms with E-state index in [0.29, 0.717) is 18.2 Å². The standard InChI is InChI=1S/C16H25FN2O/c1-19(13-6-2-3-7-13)11-10-18-12-16(20)14-8-4-5-9-15(14)17/h4-5,8-9,13,16,18,20H,2-3,6-7,10-12H2,1H3. The van der Waals surface area contributed by atoms with Crippen LogP contribution in [0.3, 0.4) is 0 Å². The fourth-order valence-corrected chi connectivity index (χ4v) is 2.88. The smallest absolute Gasteiger partial charge is 0.129 e. The van der Waals surface area contributed by atoms with Crippen molar-refractivity contribution in [3.63, 3.8) is 0 Å². The molecule has 0 aliphatic heterocycles.